The standard InChI is InChI=1S/C14H27N3O2/c1-3-15-13-10-19-9-12(13)14(18)16-8-11-6-5-7-17(11)4-2/h11-13,15H,3-10H2,1-2H3,(H,16,18). The SMILES string of the molecule is CCNC1COCC1C(=O)NCC1CCCN1CC. The van der Waals surface area contributed by atoms with Gasteiger partial charge in [-0.2, -0.15) is 0 Å². The van der Waals surface area contributed by atoms with Crippen LogP contribution in [0.25, 0.3) is 0 Å². The summed E-state index contributed by atoms with van der Waals surface area (Å²) in [6.45, 7) is 9.35. The number of hydrogen-bond donors (Lipinski definition) is 2. The van der Waals surface area contributed by atoms with Crippen molar-refractivity contribution in [1.29, 1.82) is 0 Å². The minimum atomic E-state index is -0.0311. The number of amides is 1. The monoisotopic (exact) mass is 269 g/mol. The molecular weight excluding hydrogens is 242 g/mol. The Labute approximate surface area is 116 Å². The number of likely N-dealkylation sites (tertiary alicyclic amines) is 1. The quantitative estimate of drug-likeness (QED) is 0.724. The third-order valence-electron chi connectivity index (χ3n) is 4.30. The van der Waals surface area contributed by atoms with Crippen molar-refractivity contribution >= 4 is 5.91 Å². The molecule has 2 N–H and O–H groups in total. The van der Waals surface area contributed by atoms with Crippen LogP contribution in [0.2, 0.25) is 0 Å². The van der Waals surface area contributed by atoms with Gasteiger partial charge in [0, 0.05) is 18.6 Å². The Morgan fingerprint density at radius 1 is 1.37 bits per heavy atom. The first-order valence-electron chi connectivity index (χ1n) is 7.59. The fourth-order valence-corrected chi connectivity index (χ4v) is 3.17. The number of rotatable bonds is 6. The van der Waals surface area contributed by atoms with E-state index in [1.807, 2.05) is 0 Å². The Bertz CT molecular complexity index is 298. The van der Waals surface area contributed by atoms with Crippen molar-refractivity contribution in [2.45, 2.75) is 38.8 Å². The Balaban J connectivity index is 1.77. The lowest BCUT2D eigenvalue weighted by Gasteiger charge is -2.24. The van der Waals surface area contributed by atoms with Gasteiger partial charge < -0.3 is 15.4 Å². The fourth-order valence-electron chi connectivity index (χ4n) is 3.17. The molecule has 0 radical (unpaired) electrons. The molecule has 0 aromatic carbocycles. The second kappa shape index (κ2) is 7.22. The van der Waals surface area contributed by atoms with Crippen LogP contribution in [0, 0.1) is 5.92 Å². The van der Waals surface area contributed by atoms with Crippen LogP contribution in [0.1, 0.15) is 26.7 Å². The van der Waals surface area contributed by atoms with Crippen molar-refractivity contribution in [2.24, 2.45) is 5.92 Å². The van der Waals surface area contributed by atoms with E-state index in [-0.39, 0.29) is 17.9 Å². The predicted octanol–water partition coefficient (Wildman–Crippen LogP) is 0.211. The molecule has 0 spiro atoms. The van der Waals surface area contributed by atoms with Gasteiger partial charge in [-0.25, -0.2) is 0 Å². The largest absolute Gasteiger partial charge is 0.379 e. The van der Waals surface area contributed by atoms with Gasteiger partial charge in [0.1, 0.15) is 0 Å². The number of likely N-dealkylation sites (N-methyl/N-ethyl adjacent to an activating group) is 2. The number of hydrogen-bond acceptors (Lipinski definition) is 4. The van der Waals surface area contributed by atoms with E-state index in [1.54, 1.807) is 0 Å². The molecule has 19 heavy (non-hydrogen) atoms. The highest BCUT2D eigenvalue weighted by molar-refractivity contribution is 5.79. The summed E-state index contributed by atoms with van der Waals surface area (Å²) >= 11 is 0. The average molecular weight is 269 g/mol. The molecule has 2 saturated heterocycles. The summed E-state index contributed by atoms with van der Waals surface area (Å²) in [7, 11) is 0. The van der Waals surface area contributed by atoms with Crippen molar-refractivity contribution in [1.82, 2.24) is 15.5 Å². The van der Waals surface area contributed by atoms with Gasteiger partial charge in [0.25, 0.3) is 0 Å². The Morgan fingerprint density at radius 2 is 2.21 bits per heavy atom. The van der Waals surface area contributed by atoms with Crippen LogP contribution in [0.3, 0.4) is 0 Å². The van der Waals surface area contributed by atoms with Gasteiger partial charge >= 0.3 is 0 Å². The molecule has 2 fully saturated rings. The van der Waals surface area contributed by atoms with E-state index in [4.69, 9.17) is 4.74 Å². The molecule has 3 unspecified atom stereocenters. The normalized spacial score (nSPS) is 31.8. The topological polar surface area (TPSA) is 53.6 Å². The van der Waals surface area contributed by atoms with Gasteiger partial charge in [0.05, 0.1) is 19.1 Å². The first kappa shape index (κ1) is 14.8. The molecule has 110 valence electrons. The minimum absolute atomic E-state index is 0.0311. The highest BCUT2D eigenvalue weighted by Gasteiger charge is 2.34. The molecule has 0 aromatic rings. The third-order valence-corrected chi connectivity index (χ3v) is 4.30. The molecule has 3 atom stereocenters. The highest BCUT2D eigenvalue weighted by atomic mass is 16.5. The van der Waals surface area contributed by atoms with Crippen LogP contribution in [0.15, 0.2) is 0 Å². The Kier molecular flexibility index (Phi) is 5.60. The van der Waals surface area contributed by atoms with Gasteiger partial charge in [-0.1, -0.05) is 13.8 Å². The highest BCUT2D eigenvalue weighted by Crippen LogP contribution is 2.17. The second-order valence-electron chi connectivity index (χ2n) is 5.48. The molecule has 0 aromatic heterocycles. The Morgan fingerprint density at radius 3 is 2.95 bits per heavy atom. The molecule has 2 aliphatic rings. The van der Waals surface area contributed by atoms with E-state index in [0.29, 0.717) is 19.3 Å². The molecule has 2 aliphatic heterocycles. The molecule has 2 rings (SSSR count). The zero-order valence-corrected chi connectivity index (χ0v) is 12.2. The van der Waals surface area contributed by atoms with Crippen LogP contribution in [0.5, 0.6) is 0 Å². The maximum Gasteiger partial charge on any atom is 0.227 e. The molecule has 0 aliphatic carbocycles. The second-order valence-corrected chi connectivity index (χ2v) is 5.48. The molecular formula is C14H27N3O2. The molecule has 1 amide bonds. The maximum atomic E-state index is 12.2. The van der Waals surface area contributed by atoms with Crippen LogP contribution in [0.4, 0.5) is 0 Å². The van der Waals surface area contributed by atoms with E-state index in [0.717, 1.165) is 19.6 Å². The molecule has 5 heteroatoms. The summed E-state index contributed by atoms with van der Waals surface area (Å²) in [5.74, 6) is 0.114. The summed E-state index contributed by atoms with van der Waals surface area (Å²) in [5.41, 5.74) is 0. The van der Waals surface area contributed by atoms with Gasteiger partial charge in [0.2, 0.25) is 5.91 Å². The Hall–Kier alpha value is -0.650. The van der Waals surface area contributed by atoms with E-state index in [1.165, 1.54) is 19.4 Å². The lowest BCUT2D eigenvalue weighted by Crippen LogP contribution is -2.47. The first-order valence-corrected chi connectivity index (χ1v) is 7.59. The number of carbonyl (C=O) groups is 1. The molecule has 0 saturated carbocycles. The first-order chi connectivity index (χ1) is 9.26. The van der Waals surface area contributed by atoms with Gasteiger partial charge in [-0.05, 0) is 32.5 Å². The van der Waals surface area contributed by atoms with E-state index >= 15 is 0 Å². The summed E-state index contributed by atoms with van der Waals surface area (Å²) in [6, 6.07) is 0.699. The third kappa shape index (κ3) is 3.68. The predicted molar refractivity (Wildman–Crippen MR) is 75.1 cm³/mol. The zero-order chi connectivity index (χ0) is 13.7. The summed E-state index contributed by atoms with van der Waals surface area (Å²) < 4.78 is 5.42. The summed E-state index contributed by atoms with van der Waals surface area (Å²) in [6.07, 6.45) is 2.45. The fraction of sp³-hybridized carbons (Fsp3) is 0.929. The van der Waals surface area contributed by atoms with Crippen molar-refractivity contribution in [3.05, 3.63) is 0 Å². The van der Waals surface area contributed by atoms with Crippen LogP contribution in [-0.4, -0.2) is 62.3 Å². The van der Waals surface area contributed by atoms with E-state index in [2.05, 4.69) is 29.4 Å². The molecule has 0 bridgehead atoms. The zero-order valence-electron chi connectivity index (χ0n) is 12.2. The lowest BCUT2D eigenvalue weighted by atomic mass is 10.0. The number of ether oxygens (including phenoxy) is 1. The van der Waals surface area contributed by atoms with Gasteiger partial charge in [-0.3, -0.25) is 9.69 Å². The number of carbonyl (C=O) groups excluding carboxylic acids is 1. The lowest BCUT2D eigenvalue weighted by molar-refractivity contribution is -0.125. The number of nitrogens with zero attached hydrogens (tertiary/aromatic N) is 1. The summed E-state index contributed by atoms with van der Waals surface area (Å²) in [4.78, 5) is 14.7. The van der Waals surface area contributed by atoms with Gasteiger partial charge in [0.15, 0.2) is 0 Å². The molecule has 5 nitrogen and oxygen atoms in total. The van der Waals surface area contributed by atoms with E-state index < -0.39 is 0 Å². The van der Waals surface area contributed by atoms with Crippen LogP contribution >= 0.6 is 0 Å². The minimum Gasteiger partial charge on any atom is -0.379 e. The van der Waals surface area contributed by atoms with Gasteiger partial charge in [-0.15, -0.1) is 0 Å². The molecule has 2 heterocycles. The summed E-state index contributed by atoms with van der Waals surface area (Å²) in [5, 5.41) is 6.45. The number of nitrogens with one attached hydrogen (secondary N) is 2. The van der Waals surface area contributed by atoms with E-state index in [9.17, 15) is 4.79 Å². The van der Waals surface area contributed by atoms with Crippen molar-refractivity contribution in [3.63, 3.8) is 0 Å². The van der Waals surface area contributed by atoms with Crippen LogP contribution < -0.4 is 10.6 Å². The maximum absolute atomic E-state index is 12.2. The average Bonchev–Trinajstić information content (AvgIpc) is 3.04. The van der Waals surface area contributed by atoms with Crippen molar-refractivity contribution in [3.8, 4) is 0 Å². The van der Waals surface area contributed by atoms with Crippen molar-refractivity contribution in [2.75, 3.05) is 39.4 Å². The van der Waals surface area contributed by atoms with Crippen molar-refractivity contribution < 1.29 is 9.53 Å². The van der Waals surface area contributed by atoms with Crippen LogP contribution in [-0.2, 0) is 9.53 Å². The smallest absolute Gasteiger partial charge is 0.227 e.